The Balaban J connectivity index is 0.00000576. The van der Waals surface area contributed by atoms with Crippen LogP contribution in [-0.4, -0.2) is 54.4 Å². The van der Waals surface area contributed by atoms with Crippen molar-refractivity contribution in [3.8, 4) is 0 Å². The molecule has 0 saturated carbocycles. The molecule has 0 aliphatic carbocycles. The summed E-state index contributed by atoms with van der Waals surface area (Å²) in [6.45, 7) is 9.05. The van der Waals surface area contributed by atoms with Crippen LogP contribution in [0.15, 0.2) is 35.3 Å². The number of thioether (sulfide) groups is 1. The SMILES string of the molecule is CCNC(=NCC(C)(C)SC)NCC(O)COCc1ccccc1.I. The summed E-state index contributed by atoms with van der Waals surface area (Å²) in [6.07, 6.45) is 1.51. The Morgan fingerprint density at radius 1 is 1.28 bits per heavy atom. The van der Waals surface area contributed by atoms with Crippen LogP contribution in [0.4, 0.5) is 0 Å². The van der Waals surface area contributed by atoms with E-state index in [9.17, 15) is 5.11 Å². The number of guanidine groups is 1. The second-order valence-electron chi connectivity index (χ2n) is 6.19. The molecule has 5 nitrogen and oxygen atoms in total. The molecule has 7 heteroatoms. The minimum atomic E-state index is -0.578. The molecule has 0 saturated heterocycles. The molecule has 0 aliphatic rings. The number of halogens is 1. The van der Waals surface area contributed by atoms with Crippen molar-refractivity contribution >= 4 is 41.7 Å². The molecule has 0 radical (unpaired) electrons. The minimum absolute atomic E-state index is 0. The zero-order valence-corrected chi connectivity index (χ0v) is 18.8. The van der Waals surface area contributed by atoms with E-state index < -0.39 is 6.10 Å². The predicted molar refractivity (Wildman–Crippen MR) is 119 cm³/mol. The molecule has 0 fully saturated rings. The lowest BCUT2D eigenvalue weighted by atomic mass is 10.2. The lowest BCUT2D eigenvalue weighted by molar-refractivity contribution is 0.0308. The Hall–Kier alpha value is -0.510. The topological polar surface area (TPSA) is 65.9 Å². The number of ether oxygens (including phenoxy) is 1. The highest BCUT2D eigenvalue weighted by atomic mass is 127. The van der Waals surface area contributed by atoms with Gasteiger partial charge in [-0.25, -0.2) is 0 Å². The van der Waals surface area contributed by atoms with E-state index in [1.807, 2.05) is 37.3 Å². The first kappa shape index (κ1) is 24.5. The van der Waals surface area contributed by atoms with Crippen molar-refractivity contribution in [2.24, 2.45) is 4.99 Å². The van der Waals surface area contributed by atoms with Gasteiger partial charge in [0.25, 0.3) is 0 Å². The third-order valence-corrected chi connectivity index (χ3v) is 4.68. The van der Waals surface area contributed by atoms with Crippen LogP contribution in [0.2, 0.25) is 0 Å². The molecule has 0 spiro atoms. The molecular formula is C18H32IN3O2S. The monoisotopic (exact) mass is 481 g/mol. The van der Waals surface area contributed by atoms with Crippen molar-refractivity contribution in [2.75, 3.05) is 32.5 Å². The molecule has 0 aromatic heterocycles. The molecule has 144 valence electrons. The predicted octanol–water partition coefficient (Wildman–Crippen LogP) is 2.88. The van der Waals surface area contributed by atoms with Crippen molar-refractivity contribution in [1.82, 2.24) is 10.6 Å². The van der Waals surface area contributed by atoms with E-state index in [0.717, 1.165) is 18.1 Å². The minimum Gasteiger partial charge on any atom is -0.389 e. The van der Waals surface area contributed by atoms with Crippen LogP contribution in [0.5, 0.6) is 0 Å². The second-order valence-corrected chi connectivity index (χ2v) is 7.71. The summed E-state index contributed by atoms with van der Waals surface area (Å²) in [6, 6.07) is 9.95. The first-order chi connectivity index (χ1) is 11.5. The number of nitrogens with one attached hydrogen (secondary N) is 2. The Bertz CT molecular complexity index is 486. The van der Waals surface area contributed by atoms with Crippen LogP contribution in [0.25, 0.3) is 0 Å². The molecule has 0 aliphatic heterocycles. The van der Waals surface area contributed by atoms with Gasteiger partial charge in [0.2, 0.25) is 0 Å². The van der Waals surface area contributed by atoms with Crippen LogP contribution in [0, 0.1) is 0 Å². The number of aliphatic hydroxyl groups excluding tert-OH is 1. The van der Waals surface area contributed by atoms with Crippen LogP contribution in [-0.2, 0) is 11.3 Å². The number of aliphatic hydroxyl groups is 1. The van der Waals surface area contributed by atoms with E-state index in [2.05, 4.69) is 35.7 Å². The zero-order chi connectivity index (χ0) is 17.8. The lowest BCUT2D eigenvalue weighted by Crippen LogP contribution is -2.43. The number of benzene rings is 1. The fourth-order valence-electron chi connectivity index (χ4n) is 1.84. The van der Waals surface area contributed by atoms with Crippen molar-refractivity contribution in [2.45, 2.75) is 38.2 Å². The molecule has 3 N–H and O–H groups in total. The molecule has 0 bridgehead atoms. The van der Waals surface area contributed by atoms with E-state index in [4.69, 9.17) is 4.74 Å². The molecule has 1 aromatic carbocycles. The molecule has 1 atom stereocenters. The molecule has 1 aromatic rings. The van der Waals surface area contributed by atoms with E-state index in [-0.39, 0.29) is 35.3 Å². The Labute approximate surface area is 173 Å². The van der Waals surface area contributed by atoms with E-state index in [1.54, 1.807) is 11.8 Å². The van der Waals surface area contributed by atoms with Gasteiger partial charge in [-0.3, -0.25) is 4.99 Å². The highest BCUT2D eigenvalue weighted by molar-refractivity contribution is 14.0. The first-order valence-electron chi connectivity index (χ1n) is 8.34. The van der Waals surface area contributed by atoms with Crippen LogP contribution >= 0.6 is 35.7 Å². The summed E-state index contributed by atoms with van der Waals surface area (Å²) < 4.78 is 5.65. The van der Waals surface area contributed by atoms with E-state index in [0.29, 0.717) is 19.7 Å². The quantitative estimate of drug-likeness (QED) is 0.273. The van der Waals surface area contributed by atoms with Gasteiger partial charge in [-0.15, -0.1) is 24.0 Å². The summed E-state index contributed by atoms with van der Waals surface area (Å²) in [5.41, 5.74) is 1.10. The van der Waals surface area contributed by atoms with Gasteiger partial charge in [-0.2, -0.15) is 11.8 Å². The van der Waals surface area contributed by atoms with Crippen molar-refractivity contribution < 1.29 is 9.84 Å². The van der Waals surface area contributed by atoms with Gasteiger partial charge in [0.15, 0.2) is 5.96 Å². The Kier molecular flexibility index (Phi) is 13.4. The highest BCUT2D eigenvalue weighted by Crippen LogP contribution is 2.20. The fourth-order valence-corrected chi connectivity index (χ4v) is 2.03. The van der Waals surface area contributed by atoms with Crippen LogP contribution in [0.3, 0.4) is 0 Å². The number of aliphatic imine (C=N–C) groups is 1. The van der Waals surface area contributed by atoms with Crippen LogP contribution < -0.4 is 10.6 Å². The average molecular weight is 481 g/mol. The maximum atomic E-state index is 10.0. The fraction of sp³-hybridized carbons (Fsp3) is 0.611. The zero-order valence-electron chi connectivity index (χ0n) is 15.6. The average Bonchev–Trinajstić information content (AvgIpc) is 2.58. The largest absolute Gasteiger partial charge is 0.389 e. The number of rotatable bonds is 10. The standard InChI is InChI=1S/C18H31N3O2S.HI/c1-5-19-17(21-14-18(2,3)24-4)20-11-16(22)13-23-12-15-9-7-6-8-10-15;/h6-10,16,22H,5,11-14H2,1-4H3,(H2,19,20,21);1H. The third kappa shape index (κ3) is 11.7. The second kappa shape index (κ2) is 13.7. The van der Waals surface area contributed by atoms with Gasteiger partial charge in [0.05, 0.1) is 25.9 Å². The summed E-state index contributed by atoms with van der Waals surface area (Å²) in [4.78, 5) is 4.58. The molecule has 0 amide bonds. The van der Waals surface area contributed by atoms with E-state index >= 15 is 0 Å². The lowest BCUT2D eigenvalue weighted by Gasteiger charge is -2.21. The van der Waals surface area contributed by atoms with Crippen molar-refractivity contribution in [3.63, 3.8) is 0 Å². The molecule has 0 heterocycles. The van der Waals surface area contributed by atoms with Gasteiger partial charge in [-0.1, -0.05) is 30.3 Å². The first-order valence-corrected chi connectivity index (χ1v) is 9.56. The summed E-state index contributed by atoms with van der Waals surface area (Å²) in [5.74, 6) is 0.724. The summed E-state index contributed by atoms with van der Waals surface area (Å²) in [7, 11) is 0. The van der Waals surface area contributed by atoms with Gasteiger partial charge < -0.3 is 20.5 Å². The molecular weight excluding hydrogens is 449 g/mol. The van der Waals surface area contributed by atoms with Crippen LogP contribution in [0.1, 0.15) is 26.3 Å². The molecule has 1 unspecified atom stereocenters. The Morgan fingerprint density at radius 2 is 1.96 bits per heavy atom. The van der Waals surface area contributed by atoms with E-state index in [1.165, 1.54) is 0 Å². The number of hydrogen-bond acceptors (Lipinski definition) is 4. The molecule has 25 heavy (non-hydrogen) atoms. The van der Waals surface area contributed by atoms with Crippen molar-refractivity contribution in [1.29, 1.82) is 0 Å². The van der Waals surface area contributed by atoms with Gasteiger partial charge in [-0.05, 0) is 32.6 Å². The maximum absolute atomic E-state index is 10.0. The van der Waals surface area contributed by atoms with Crippen molar-refractivity contribution in [3.05, 3.63) is 35.9 Å². The highest BCUT2D eigenvalue weighted by Gasteiger charge is 2.15. The molecule has 1 rings (SSSR count). The van der Waals surface area contributed by atoms with Gasteiger partial charge in [0, 0.05) is 17.8 Å². The third-order valence-electron chi connectivity index (χ3n) is 3.44. The number of hydrogen-bond donors (Lipinski definition) is 3. The maximum Gasteiger partial charge on any atom is 0.191 e. The number of nitrogens with zero attached hydrogens (tertiary/aromatic N) is 1. The van der Waals surface area contributed by atoms with Gasteiger partial charge in [0.1, 0.15) is 0 Å². The Morgan fingerprint density at radius 3 is 2.56 bits per heavy atom. The normalized spacial score (nSPS) is 13.1. The summed E-state index contributed by atoms with van der Waals surface area (Å²) >= 11 is 1.79. The summed E-state index contributed by atoms with van der Waals surface area (Å²) in [5, 5.41) is 16.4. The van der Waals surface area contributed by atoms with Gasteiger partial charge >= 0.3 is 0 Å². The smallest absolute Gasteiger partial charge is 0.191 e.